The molecule has 1 N–H and O–H groups in total. The highest BCUT2D eigenvalue weighted by Gasteiger charge is 2.08. The van der Waals surface area contributed by atoms with E-state index in [9.17, 15) is 0 Å². The van der Waals surface area contributed by atoms with Crippen molar-refractivity contribution in [2.45, 2.75) is 20.8 Å². The van der Waals surface area contributed by atoms with Gasteiger partial charge in [-0.2, -0.15) is 0 Å². The van der Waals surface area contributed by atoms with Gasteiger partial charge in [-0.3, -0.25) is 0 Å². The third-order valence-corrected chi connectivity index (χ3v) is 4.26. The van der Waals surface area contributed by atoms with Crippen LogP contribution in [0, 0.1) is 20.8 Å². The van der Waals surface area contributed by atoms with E-state index in [0.717, 1.165) is 33.8 Å². The molecule has 0 amide bonds. The molecule has 0 fully saturated rings. The Morgan fingerprint density at radius 1 is 0.957 bits per heavy atom. The van der Waals surface area contributed by atoms with Crippen LogP contribution in [0.25, 0.3) is 28.1 Å². The number of H-pyrrole nitrogens is 1. The summed E-state index contributed by atoms with van der Waals surface area (Å²) in [5, 5.41) is 0. The number of hydrogen-bond acceptors (Lipinski definition) is 2. The van der Waals surface area contributed by atoms with Crippen molar-refractivity contribution in [2.24, 2.45) is 0 Å². The van der Waals surface area contributed by atoms with Crippen LogP contribution in [0.15, 0.2) is 48.9 Å². The standard InChI is InChI=1S/C19H18N4/c1-12-4-5-15(8-13(12)2)19-21-17-7-6-16(9-18(17)22-19)23-10-14(3)20-11-23/h4-11H,1-3H3,(H,21,22). The zero-order valence-electron chi connectivity index (χ0n) is 13.5. The molecule has 0 radical (unpaired) electrons. The van der Waals surface area contributed by atoms with Crippen LogP contribution in [0.1, 0.15) is 16.8 Å². The van der Waals surface area contributed by atoms with Crippen molar-refractivity contribution in [3.8, 4) is 17.1 Å². The highest BCUT2D eigenvalue weighted by molar-refractivity contribution is 5.81. The minimum atomic E-state index is 0.905. The summed E-state index contributed by atoms with van der Waals surface area (Å²) in [7, 11) is 0. The molecule has 4 heteroatoms. The molecule has 0 aliphatic carbocycles. The molecule has 23 heavy (non-hydrogen) atoms. The predicted octanol–water partition coefficient (Wildman–Crippen LogP) is 4.34. The molecule has 0 bridgehead atoms. The maximum atomic E-state index is 4.76. The zero-order chi connectivity index (χ0) is 16.0. The molecule has 0 spiro atoms. The van der Waals surface area contributed by atoms with Crippen molar-refractivity contribution in [3.05, 3.63) is 65.7 Å². The number of aromatic nitrogens is 4. The summed E-state index contributed by atoms with van der Waals surface area (Å²) >= 11 is 0. The van der Waals surface area contributed by atoms with E-state index in [4.69, 9.17) is 4.98 Å². The lowest BCUT2D eigenvalue weighted by molar-refractivity contribution is 1.06. The summed E-state index contributed by atoms with van der Waals surface area (Å²) in [6.07, 6.45) is 3.84. The Balaban J connectivity index is 1.80. The largest absolute Gasteiger partial charge is 0.338 e. The van der Waals surface area contributed by atoms with Gasteiger partial charge in [-0.25, -0.2) is 9.97 Å². The van der Waals surface area contributed by atoms with Crippen molar-refractivity contribution in [2.75, 3.05) is 0 Å². The Bertz CT molecular complexity index is 1010. The zero-order valence-corrected chi connectivity index (χ0v) is 13.5. The highest BCUT2D eigenvalue weighted by atomic mass is 15.0. The summed E-state index contributed by atoms with van der Waals surface area (Å²) in [4.78, 5) is 12.4. The molecule has 4 nitrogen and oxygen atoms in total. The molecule has 2 heterocycles. The van der Waals surface area contributed by atoms with E-state index in [0.29, 0.717) is 0 Å². The second-order valence-corrected chi connectivity index (χ2v) is 6.01. The molecular weight excluding hydrogens is 284 g/mol. The molecule has 114 valence electrons. The van der Waals surface area contributed by atoms with Gasteiger partial charge in [0.2, 0.25) is 0 Å². The van der Waals surface area contributed by atoms with E-state index in [-0.39, 0.29) is 0 Å². The summed E-state index contributed by atoms with van der Waals surface area (Å²) in [6.45, 7) is 6.24. The smallest absolute Gasteiger partial charge is 0.138 e. The molecule has 0 aliphatic heterocycles. The van der Waals surface area contributed by atoms with Crippen LogP contribution in [-0.2, 0) is 0 Å². The number of nitrogens with zero attached hydrogens (tertiary/aromatic N) is 3. The van der Waals surface area contributed by atoms with Gasteiger partial charge in [0, 0.05) is 17.4 Å². The van der Waals surface area contributed by atoms with Gasteiger partial charge in [0.25, 0.3) is 0 Å². The summed E-state index contributed by atoms with van der Waals surface area (Å²) in [6, 6.07) is 12.6. The van der Waals surface area contributed by atoms with Crippen LogP contribution < -0.4 is 0 Å². The predicted molar refractivity (Wildman–Crippen MR) is 92.9 cm³/mol. The van der Waals surface area contributed by atoms with E-state index in [1.807, 2.05) is 24.0 Å². The van der Waals surface area contributed by atoms with Gasteiger partial charge in [0.05, 0.1) is 23.1 Å². The van der Waals surface area contributed by atoms with E-state index in [1.165, 1.54) is 11.1 Å². The molecule has 0 unspecified atom stereocenters. The van der Waals surface area contributed by atoms with Crippen molar-refractivity contribution >= 4 is 11.0 Å². The average Bonchev–Trinajstić information content (AvgIpc) is 3.15. The Hall–Kier alpha value is -2.88. The summed E-state index contributed by atoms with van der Waals surface area (Å²) < 4.78 is 2.01. The lowest BCUT2D eigenvalue weighted by atomic mass is 10.1. The van der Waals surface area contributed by atoms with Crippen molar-refractivity contribution in [1.82, 2.24) is 19.5 Å². The maximum Gasteiger partial charge on any atom is 0.138 e. The van der Waals surface area contributed by atoms with Crippen LogP contribution in [0.4, 0.5) is 0 Å². The lowest BCUT2D eigenvalue weighted by Crippen LogP contribution is -1.89. The highest BCUT2D eigenvalue weighted by Crippen LogP contribution is 2.24. The molecule has 0 aliphatic rings. The number of imidazole rings is 2. The first-order valence-corrected chi connectivity index (χ1v) is 7.68. The third-order valence-electron chi connectivity index (χ3n) is 4.26. The Labute approximate surface area is 134 Å². The van der Waals surface area contributed by atoms with Crippen LogP contribution in [0.5, 0.6) is 0 Å². The number of benzene rings is 2. The minimum absolute atomic E-state index is 0.905. The Kier molecular flexibility index (Phi) is 3.05. The molecule has 4 rings (SSSR count). The van der Waals surface area contributed by atoms with E-state index < -0.39 is 0 Å². The molecule has 0 atom stereocenters. The lowest BCUT2D eigenvalue weighted by Gasteiger charge is -2.02. The topological polar surface area (TPSA) is 46.5 Å². The summed E-state index contributed by atoms with van der Waals surface area (Å²) in [5.74, 6) is 0.905. The van der Waals surface area contributed by atoms with E-state index >= 15 is 0 Å². The van der Waals surface area contributed by atoms with Crippen LogP contribution in [0.3, 0.4) is 0 Å². The molecule has 4 aromatic rings. The van der Waals surface area contributed by atoms with Crippen molar-refractivity contribution in [1.29, 1.82) is 0 Å². The number of aromatic amines is 1. The number of fused-ring (bicyclic) bond motifs is 1. The van der Waals surface area contributed by atoms with Gasteiger partial charge in [0.15, 0.2) is 0 Å². The molecule has 2 aromatic heterocycles. The first-order chi connectivity index (χ1) is 11.1. The second-order valence-electron chi connectivity index (χ2n) is 6.01. The normalized spacial score (nSPS) is 11.3. The molecule has 0 saturated heterocycles. The number of hydrogen-bond donors (Lipinski definition) is 1. The van der Waals surface area contributed by atoms with Gasteiger partial charge in [-0.05, 0) is 56.2 Å². The SMILES string of the molecule is Cc1cn(-c2ccc3[nH]c(-c4ccc(C)c(C)c4)nc3c2)cn1. The van der Waals surface area contributed by atoms with Gasteiger partial charge in [0.1, 0.15) is 5.82 Å². The van der Waals surface area contributed by atoms with E-state index in [2.05, 4.69) is 60.2 Å². The first-order valence-electron chi connectivity index (χ1n) is 7.68. The fraction of sp³-hybridized carbons (Fsp3) is 0.158. The first kappa shape index (κ1) is 13.8. The number of aryl methyl sites for hydroxylation is 3. The van der Waals surface area contributed by atoms with Gasteiger partial charge < -0.3 is 9.55 Å². The summed E-state index contributed by atoms with van der Waals surface area (Å²) in [5.41, 5.74) is 7.75. The third kappa shape index (κ3) is 2.42. The molecule has 2 aromatic carbocycles. The van der Waals surface area contributed by atoms with Crippen molar-refractivity contribution in [3.63, 3.8) is 0 Å². The fourth-order valence-corrected chi connectivity index (χ4v) is 2.74. The quantitative estimate of drug-likeness (QED) is 0.598. The van der Waals surface area contributed by atoms with Crippen LogP contribution in [-0.4, -0.2) is 19.5 Å². The Morgan fingerprint density at radius 2 is 1.83 bits per heavy atom. The minimum Gasteiger partial charge on any atom is -0.338 e. The average molecular weight is 302 g/mol. The second kappa shape index (κ2) is 5.09. The van der Waals surface area contributed by atoms with Crippen molar-refractivity contribution < 1.29 is 0 Å². The monoisotopic (exact) mass is 302 g/mol. The van der Waals surface area contributed by atoms with Crippen LogP contribution >= 0.6 is 0 Å². The van der Waals surface area contributed by atoms with Crippen LogP contribution in [0.2, 0.25) is 0 Å². The van der Waals surface area contributed by atoms with E-state index in [1.54, 1.807) is 0 Å². The fourth-order valence-electron chi connectivity index (χ4n) is 2.74. The van der Waals surface area contributed by atoms with Gasteiger partial charge >= 0.3 is 0 Å². The molecular formula is C19H18N4. The maximum absolute atomic E-state index is 4.76. The number of rotatable bonds is 2. The Morgan fingerprint density at radius 3 is 2.57 bits per heavy atom. The number of nitrogens with one attached hydrogen (secondary N) is 1. The molecule has 0 saturated carbocycles. The van der Waals surface area contributed by atoms with Gasteiger partial charge in [-0.1, -0.05) is 12.1 Å². The van der Waals surface area contributed by atoms with Gasteiger partial charge in [-0.15, -0.1) is 0 Å².